The average molecular weight is 126 g/mol. The van der Waals surface area contributed by atoms with Crippen LogP contribution >= 0.6 is 0 Å². The lowest BCUT2D eigenvalue weighted by atomic mass is 10.4. The molecule has 1 aliphatic heterocycles. The van der Waals surface area contributed by atoms with Crippen LogP contribution in [0, 0.1) is 0 Å². The highest BCUT2D eigenvalue weighted by molar-refractivity contribution is 5.87. The van der Waals surface area contributed by atoms with Gasteiger partial charge in [-0.3, -0.25) is 9.80 Å². The molecule has 0 saturated carbocycles. The third-order valence-corrected chi connectivity index (χ3v) is 1.25. The number of amides is 1. The number of nitrogens with one attached hydrogen (secondary N) is 1. The van der Waals surface area contributed by atoms with E-state index in [0.29, 0.717) is 0 Å². The Labute approximate surface area is 54.3 Å². The molecule has 0 aromatic carbocycles. The predicted octanol–water partition coefficient (Wildman–Crippen LogP) is -0.0907. The molecule has 1 rings (SSSR count). The first kappa shape index (κ1) is 6.29. The summed E-state index contributed by atoms with van der Waals surface area (Å²) in [7, 11) is 1.72. The molecule has 1 amide bonds. The fourth-order valence-electron chi connectivity index (χ4n) is 0.689. The zero-order valence-corrected chi connectivity index (χ0v) is 5.42. The van der Waals surface area contributed by atoms with E-state index in [1.807, 2.05) is 6.08 Å². The summed E-state index contributed by atoms with van der Waals surface area (Å²) < 4.78 is 0. The lowest BCUT2D eigenvalue weighted by Crippen LogP contribution is -2.37. The van der Waals surface area contributed by atoms with E-state index in [2.05, 4.69) is 5.43 Å². The van der Waals surface area contributed by atoms with Crippen molar-refractivity contribution in [2.75, 3.05) is 13.6 Å². The van der Waals surface area contributed by atoms with Gasteiger partial charge in [0.15, 0.2) is 0 Å². The molecule has 50 valence electrons. The van der Waals surface area contributed by atoms with E-state index in [1.54, 1.807) is 13.1 Å². The van der Waals surface area contributed by atoms with Gasteiger partial charge in [-0.1, -0.05) is 6.08 Å². The van der Waals surface area contributed by atoms with Gasteiger partial charge in [-0.05, 0) is 6.42 Å². The van der Waals surface area contributed by atoms with Gasteiger partial charge in [-0.25, -0.2) is 5.43 Å². The van der Waals surface area contributed by atoms with Gasteiger partial charge in [0.25, 0.3) is 5.91 Å². The molecule has 0 aromatic heterocycles. The summed E-state index contributed by atoms with van der Waals surface area (Å²) in [5.74, 6) is 0.0208. The summed E-state index contributed by atoms with van der Waals surface area (Å²) in [6, 6.07) is 0. The van der Waals surface area contributed by atoms with Gasteiger partial charge in [0.1, 0.15) is 0 Å². The number of hydrogen-bond acceptors (Lipinski definition) is 2. The Morgan fingerprint density at radius 2 is 2.56 bits per heavy atom. The fourth-order valence-corrected chi connectivity index (χ4v) is 0.689. The van der Waals surface area contributed by atoms with Crippen molar-refractivity contribution in [2.24, 2.45) is 0 Å². The first-order valence-electron chi connectivity index (χ1n) is 2.98. The molecular formula is C6H10N2O. The predicted molar refractivity (Wildman–Crippen MR) is 34.5 cm³/mol. The van der Waals surface area contributed by atoms with Crippen LogP contribution in [0.4, 0.5) is 0 Å². The number of carbonyl (C=O) groups is 1. The van der Waals surface area contributed by atoms with Crippen LogP contribution in [0.1, 0.15) is 6.42 Å². The van der Waals surface area contributed by atoms with Crippen molar-refractivity contribution in [3.8, 4) is 0 Å². The molecule has 0 aromatic rings. The van der Waals surface area contributed by atoms with Crippen molar-refractivity contribution >= 4 is 5.91 Å². The van der Waals surface area contributed by atoms with E-state index >= 15 is 0 Å². The van der Waals surface area contributed by atoms with Gasteiger partial charge in [-0.15, -0.1) is 0 Å². The highest BCUT2D eigenvalue weighted by Gasteiger charge is 2.04. The minimum Gasteiger partial charge on any atom is -0.278 e. The topological polar surface area (TPSA) is 32.3 Å². The zero-order chi connectivity index (χ0) is 6.69. The van der Waals surface area contributed by atoms with Crippen molar-refractivity contribution < 1.29 is 4.79 Å². The van der Waals surface area contributed by atoms with E-state index in [0.717, 1.165) is 13.0 Å². The van der Waals surface area contributed by atoms with Crippen LogP contribution in [-0.4, -0.2) is 24.5 Å². The summed E-state index contributed by atoms with van der Waals surface area (Å²) in [4.78, 5) is 10.8. The van der Waals surface area contributed by atoms with Crippen LogP contribution in [0.5, 0.6) is 0 Å². The Morgan fingerprint density at radius 3 is 3.33 bits per heavy atom. The number of hydrogen-bond donors (Lipinski definition) is 1. The van der Waals surface area contributed by atoms with Crippen LogP contribution in [0.15, 0.2) is 12.2 Å². The third kappa shape index (κ3) is 1.54. The second-order valence-corrected chi connectivity index (χ2v) is 2.00. The summed E-state index contributed by atoms with van der Waals surface area (Å²) >= 11 is 0. The molecule has 0 spiro atoms. The van der Waals surface area contributed by atoms with Gasteiger partial charge in [0.05, 0.1) is 0 Å². The Balaban J connectivity index is 2.57. The molecule has 0 fully saturated rings. The number of nitrogens with zero attached hydrogens (tertiary/aromatic N) is 1. The summed E-state index contributed by atoms with van der Waals surface area (Å²) in [6.45, 7) is 0.846. The second-order valence-electron chi connectivity index (χ2n) is 2.00. The smallest absolute Gasteiger partial charge is 0.260 e. The lowest BCUT2D eigenvalue weighted by molar-refractivity contribution is -0.127. The summed E-state index contributed by atoms with van der Waals surface area (Å²) in [5, 5.41) is 1.49. The van der Waals surface area contributed by atoms with E-state index in [9.17, 15) is 4.79 Å². The van der Waals surface area contributed by atoms with Crippen LogP contribution in [0.3, 0.4) is 0 Å². The molecule has 0 unspecified atom stereocenters. The van der Waals surface area contributed by atoms with Crippen molar-refractivity contribution in [3.63, 3.8) is 0 Å². The Kier molecular flexibility index (Phi) is 1.85. The van der Waals surface area contributed by atoms with Crippen molar-refractivity contribution in [2.45, 2.75) is 6.42 Å². The molecule has 9 heavy (non-hydrogen) atoms. The largest absolute Gasteiger partial charge is 0.278 e. The fraction of sp³-hybridized carbons (Fsp3) is 0.500. The van der Waals surface area contributed by atoms with Crippen molar-refractivity contribution in [3.05, 3.63) is 12.2 Å². The quantitative estimate of drug-likeness (QED) is 0.492. The molecule has 0 saturated heterocycles. The van der Waals surface area contributed by atoms with Gasteiger partial charge >= 0.3 is 0 Å². The second kappa shape index (κ2) is 2.64. The normalized spacial score (nSPS) is 20.1. The Bertz CT molecular complexity index is 142. The molecule has 1 N–H and O–H groups in total. The lowest BCUT2D eigenvalue weighted by Gasteiger charge is -2.12. The van der Waals surface area contributed by atoms with Gasteiger partial charge in [-0.2, -0.15) is 0 Å². The maximum atomic E-state index is 10.8. The third-order valence-electron chi connectivity index (χ3n) is 1.25. The van der Waals surface area contributed by atoms with Gasteiger partial charge < -0.3 is 0 Å². The number of hydrazine groups is 1. The molecule has 0 atom stereocenters. The minimum atomic E-state index is 0.0208. The molecule has 3 heteroatoms. The molecule has 0 aliphatic carbocycles. The van der Waals surface area contributed by atoms with Crippen LogP contribution in [0.25, 0.3) is 0 Å². The summed E-state index contributed by atoms with van der Waals surface area (Å²) in [6.07, 6.45) is 4.38. The van der Waals surface area contributed by atoms with E-state index in [-0.39, 0.29) is 5.91 Å². The van der Waals surface area contributed by atoms with Crippen LogP contribution in [-0.2, 0) is 4.79 Å². The SMILES string of the molecule is CN1NCCC=CC1=O. The van der Waals surface area contributed by atoms with E-state index in [1.165, 1.54) is 5.01 Å². The monoisotopic (exact) mass is 126 g/mol. The molecular weight excluding hydrogens is 116 g/mol. The maximum Gasteiger partial charge on any atom is 0.260 e. The van der Waals surface area contributed by atoms with Crippen LogP contribution < -0.4 is 5.43 Å². The van der Waals surface area contributed by atoms with Crippen LogP contribution in [0.2, 0.25) is 0 Å². The maximum absolute atomic E-state index is 10.8. The Hall–Kier alpha value is -0.830. The molecule has 3 nitrogen and oxygen atoms in total. The first-order valence-corrected chi connectivity index (χ1v) is 2.98. The number of carbonyl (C=O) groups excluding carboxylic acids is 1. The standard InChI is InChI=1S/C6H10N2O/c1-8-6(9)4-2-3-5-7-8/h2,4,7H,3,5H2,1H3. The minimum absolute atomic E-state index is 0.0208. The Morgan fingerprint density at radius 1 is 1.78 bits per heavy atom. The average Bonchev–Trinajstić information content (AvgIpc) is 1.99. The first-order chi connectivity index (χ1) is 4.30. The van der Waals surface area contributed by atoms with Gasteiger partial charge in [0, 0.05) is 19.7 Å². The van der Waals surface area contributed by atoms with E-state index < -0.39 is 0 Å². The molecule has 1 heterocycles. The zero-order valence-electron chi connectivity index (χ0n) is 5.42. The molecule has 0 radical (unpaired) electrons. The molecule has 1 aliphatic rings. The summed E-state index contributed by atoms with van der Waals surface area (Å²) in [5.41, 5.74) is 2.92. The number of rotatable bonds is 0. The molecule has 0 bridgehead atoms. The highest BCUT2D eigenvalue weighted by atomic mass is 16.2. The van der Waals surface area contributed by atoms with Crippen molar-refractivity contribution in [1.29, 1.82) is 0 Å². The highest BCUT2D eigenvalue weighted by Crippen LogP contribution is 1.90. The van der Waals surface area contributed by atoms with Gasteiger partial charge in [0.2, 0.25) is 0 Å². The van der Waals surface area contributed by atoms with E-state index in [4.69, 9.17) is 0 Å². The number of likely N-dealkylation sites (N-methyl/N-ethyl adjacent to an activating group) is 1. The van der Waals surface area contributed by atoms with Crippen molar-refractivity contribution in [1.82, 2.24) is 10.4 Å².